The highest BCUT2D eigenvalue weighted by atomic mass is 19.4. The van der Waals surface area contributed by atoms with Gasteiger partial charge in [0.05, 0.1) is 11.1 Å². The van der Waals surface area contributed by atoms with Gasteiger partial charge in [-0.15, -0.1) is 0 Å². The number of nitrogens with one attached hydrogen (secondary N) is 1. The highest BCUT2D eigenvalue weighted by Crippen LogP contribution is 2.34. The Kier molecular flexibility index (Phi) is 5.31. The minimum absolute atomic E-state index is 0.0510. The van der Waals surface area contributed by atoms with Gasteiger partial charge >= 0.3 is 6.18 Å². The number of hydrogen-bond donors (Lipinski definition) is 1. The van der Waals surface area contributed by atoms with Gasteiger partial charge in [-0.25, -0.2) is 0 Å². The number of benzene rings is 1. The second-order valence-electron chi connectivity index (χ2n) is 7.57. The average Bonchev–Trinajstić information content (AvgIpc) is 2.45. The van der Waals surface area contributed by atoms with Crippen molar-refractivity contribution in [1.82, 2.24) is 5.32 Å². The van der Waals surface area contributed by atoms with Crippen LogP contribution in [0.2, 0.25) is 0 Å². The van der Waals surface area contributed by atoms with Crippen LogP contribution in [0.1, 0.15) is 63.1 Å². The highest BCUT2D eigenvalue weighted by Gasteiger charge is 2.35. The quantitative estimate of drug-likeness (QED) is 0.805. The van der Waals surface area contributed by atoms with E-state index in [0.29, 0.717) is 17.0 Å². The third kappa shape index (κ3) is 4.31. The summed E-state index contributed by atoms with van der Waals surface area (Å²) in [6.45, 7) is 7.23. The molecule has 0 bridgehead atoms. The maximum absolute atomic E-state index is 13.1. The van der Waals surface area contributed by atoms with E-state index >= 15 is 0 Å². The van der Waals surface area contributed by atoms with E-state index in [1.165, 1.54) is 0 Å². The van der Waals surface area contributed by atoms with Crippen molar-refractivity contribution in [3.63, 3.8) is 0 Å². The Morgan fingerprint density at radius 1 is 1.08 bits per heavy atom. The fraction of sp³-hybridized carbons (Fsp3) is 0.632. The number of carbonyl (C=O) groups excluding carboxylic acids is 1. The van der Waals surface area contributed by atoms with Crippen LogP contribution in [0.25, 0.3) is 0 Å². The van der Waals surface area contributed by atoms with Gasteiger partial charge in [-0.2, -0.15) is 13.2 Å². The molecule has 5 heteroatoms. The zero-order valence-electron chi connectivity index (χ0n) is 14.8. The molecular formula is C19H26F3NO. The van der Waals surface area contributed by atoms with Crippen molar-refractivity contribution in [3.05, 3.63) is 34.9 Å². The van der Waals surface area contributed by atoms with Crippen molar-refractivity contribution in [2.45, 2.75) is 65.1 Å². The van der Waals surface area contributed by atoms with E-state index in [-0.39, 0.29) is 11.8 Å². The monoisotopic (exact) mass is 341 g/mol. The van der Waals surface area contributed by atoms with E-state index in [2.05, 4.69) is 12.2 Å². The number of halogens is 3. The summed E-state index contributed by atoms with van der Waals surface area (Å²) < 4.78 is 39.2. The van der Waals surface area contributed by atoms with Gasteiger partial charge in [-0.05, 0) is 57.2 Å². The Labute approximate surface area is 141 Å². The molecule has 0 aromatic heterocycles. The predicted octanol–water partition coefficient (Wildman–Crippen LogP) is 5.19. The van der Waals surface area contributed by atoms with Gasteiger partial charge in [0.25, 0.3) is 0 Å². The Balaban J connectivity index is 2.23. The lowest BCUT2D eigenvalue weighted by molar-refractivity contribution is -0.137. The molecule has 24 heavy (non-hydrogen) atoms. The van der Waals surface area contributed by atoms with Crippen LogP contribution in [0, 0.1) is 18.8 Å². The van der Waals surface area contributed by atoms with Gasteiger partial charge in [0.1, 0.15) is 0 Å². The van der Waals surface area contributed by atoms with Crippen LogP contribution in [0.5, 0.6) is 0 Å². The SMILES string of the molecule is Cc1cc(C(F)(F)F)cc(C(C)(C)NC(=O)[C@H]2CCCC[C@@H]2C)c1. The minimum Gasteiger partial charge on any atom is -0.347 e. The molecule has 0 unspecified atom stereocenters. The minimum atomic E-state index is -4.39. The van der Waals surface area contributed by atoms with Crippen molar-refractivity contribution < 1.29 is 18.0 Å². The smallest absolute Gasteiger partial charge is 0.347 e. The molecule has 0 saturated heterocycles. The topological polar surface area (TPSA) is 29.1 Å². The second-order valence-corrected chi connectivity index (χ2v) is 7.57. The second kappa shape index (κ2) is 6.77. The third-order valence-corrected chi connectivity index (χ3v) is 5.01. The van der Waals surface area contributed by atoms with Gasteiger partial charge in [0, 0.05) is 5.92 Å². The normalized spacial score (nSPS) is 22.3. The maximum Gasteiger partial charge on any atom is 0.416 e. The molecule has 0 radical (unpaired) electrons. The first-order valence-corrected chi connectivity index (χ1v) is 8.52. The highest BCUT2D eigenvalue weighted by molar-refractivity contribution is 5.80. The Hall–Kier alpha value is -1.52. The predicted molar refractivity (Wildman–Crippen MR) is 88.5 cm³/mol. The summed E-state index contributed by atoms with van der Waals surface area (Å²) in [7, 11) is 0. The summed E-state index contributed by atoms with van der Waals surface area (Å²) in [6.07, 6.45) is -0.336. The number of carbonyl (C=O) groups is 1. The molecule has 0 heterocycles. The molecule has 2 nitrogen and oxygen atoms in total. The number of alkyl halides is 3. The molecule has 1 amide bonds. The van der Waals surface area contributed by atoms with E-state index in [9.17, 15) is 18.0 Å². The van der Waals surface area contributed by atoms with Gasteiger partial charge in [0.2, 0.25) is 5.91 Å². The standard InChI is InChI=1S/C19H26F3NO/c1-12-9-14(11-15(10-12)19(20,21)22)18(3,4)23-17(24)16-8-6-5-7-13(16)2/h9-11,13,16H,5-8H2,1-4H3,(H,23,24)/t13-,16-/m0/s1. The lowest BCUT2D eigenvalue weighted by atomic mass is 9.79. The molecule has 1 aliphatic rings. The van der Waals surface area contributed by atoms with Crippen molar-refractivity contribution in [1.29, 1.82) is 0 Å². The van der Waals surface area contributed by atoms with E-state index in [1.807, 2.05) is 0 Å². The van der Waals surface area contributed by atoms with Crippen LogP contribution in [-0.4, -0.2) is 5.91 Å². The molecule has 1 saturated carbocycles. The Morgan fingerprint density at radius 3 is 2.25 bits per heavy atom. The van der Waals surface area contributed by atoms with Gasteiger partial charge < -0.3 is 5.32 Å². The number of hydrogen-bond acceptors (Lipinski definition) is 1. The summed E-state index contributed by atoms with van der Waals surface area (Å²) in [6, 6.07) is 3.97. The molecule has 1 aliphatic carbocycles. The zero-order valence-corrected chi connectivity index (χ0v) is 14.8. The van der Waals surface area contributed by atoms with Crippen LogP contribution < -0.4 is 5.32 Å². The van der Waals surface area contributed by atoms with Crippen molar-refractivity contribution in [3.8, 4) is 0 Å². The fourth-order valence-electron chi connectivity index (χ4n) is 3.49. The third-order valence-electron chi connectivity index (χ3n) is 5.01. The molecule has 0 spiro atoms. The summed E-state index contributed by atoms with van der Waals surface area (Å²) in [5, 5.41) is 2.97. The van der Waals surface area contributed by atoms with E-state index in [4.69, 9.17) is 0 Å². The molecule has 2 atom stereocenters. The van der Waals surface area contributed by atoms with Crippen molar-refractivity contribution in [2.24, 2.45) is 11.8 Å². The number of aryl methyl sites for hydroxylation is 1. The molecule has 134 valence electrons. The van der Waals surface area contributed by atoms with Crippen molar-refractivity contribution >= 4 is 5.91 Å². The van der Waals surface area contributed by atoms with E-state index < -0.39 is 17.3 Å². The first kappa shape index (κ1) is 18.8. The van der Waals surface area contributed by atoms with E-state index in [0.717, 1.165) is 37.8 Å². The zero-order chi connectivity index (χ0) is 18.1. The van der Waals surface area contributed by atoms with Crippen LogP contribution >= 0.6 is 0 Å². The first-order chi connectivity index (χ1) is 11.0. The number of amides is 1. The molecule has 0 aliphatic heterocycles. The average molecular weight is 341 g/mol. The Morgan fingerprint density at radius 2 is 1.67 bits per heavy atom. The molecule has 1 fully saturated rings. The van der Waals surface area contributed by atoms with Gasteiger partial charge in [-0.1, -0.05) is 31.4 Å². The largest absolute Gasteiger partial charge is 0.416 e. The van der Waals surface area contributed by atoms with Crippen LogP contribution in [0.4, 0.5) is 13.2 Å². The summed E-state index contributed by atoms with van der Waals surface area (Å²) >= 11 is 0. The molecular weight excluding hydrogens is 315 g/mol. The summed E-state index contributed by atoms with van der Waals surface area (Å²) in [5.74, 6) is 0.213. The number of rotatable bonds is 3. The van der Waals surface area contributed by atoms with Crippen LogP contribution in [0.3, 0.4) is 0 Å². The van der Waals surface area contributed by atoms with Crippen LogP contribution in [-0.2, 0) is 16.5 Å². The van der Waals surface area contributed by atoms with E-state index in [1.54, 1.807) is 26.8 Å². The maximum atomic E-state index is 13.1. The molecule has 1 N–H and O–H groups in total. The van der Waals surface area contributed by atoms with Crippen molar-refractivity contribution in [2.75, 3.05) is 0 Å². The fourth-order valence-corrected chi connectivity index (χ4v) is 3.49. The molecule has 1 aromatic rings. The first-order valence-electron chi connectivity index (χ1n) is 8.52. The lowest BCUT2D eigenvalue weighted by Gasteiger charge is -2.33. The van der Waals surface area contributed by atoms with Gasteiger partial charge in [0.15, 0.2) is 0 Å². The lowest BCUT2D eigenvalue weighted by Crippen LogP contribution is -2.46. The summed E-state index contributed by atoms with van der Waals surface area (Å²) in [5.41, 5.74) is -0.508. The van der Waals surface area contributed by atoms with Crippen LogP contribution in [0.15, 0.2) is 18.2 Å². The summed E-state index contributed by atoms with van der Waals surface area (Å²) in [4.78, 5) is 12.6. The molecule has 2 rings (SSSR count). The molecule has 1 aromatic carbocycles. The van der Waals surface area contributed by atoms with Gasteiger partial charge in [-0.3, -0.25) is 4.79 Å². The Bertz CT molecular complexity index is 607.